The van der Waals surface area contributed by atoms with Crippen LogP contribution in [0.3, 0.4) is 0 Å². The fourth-order valence-corrected chi connectivity index (χ4v) is 2.14. The number of halogens is 1. The molecule has 0 spiro atoms. The Labute approximate surface area is 136 Å². The second-order valence-corrected chi connectivity index (χ2v) is 5.85. The van der Waals surface area contributed by atoms with Crippen molar-refractivity contribution in [2.45, 2.75) is 26.2 Å². The lowest BCUT2D eigenvalue weighted by atomic mass is 10.1. The van der Waals surface area contributed by atoms with Crippen molar-refractivity contribution in [1.82, 2.24) is 5.32 Å². The average molecular weight is 321 g/mol. The van der Waals surface area contributed by atoms with Crippen LogP contribution in [0.15, 0.2) is 23.8 Å². The monoisotopic (exact) mass is 321 g/mol. The van der Waals surface area contributed by atoms with Gasteiger partial charge in [0.05, 0.1) is 7.11 Å². The van der Waals surface area contributed by atoms with E-state index < -0.39 is 5.82 Å². The van der Waals surface area contributed by atoms with Crippen LogP contribution in [0.25, 0.3) is 6.08 Å². The van der Waals surface area contributed by atoms with Crippen molar-refractivity contribution >= 4 is 12.0 Å². The quantitative estimate of drug-likeness (QED) is 0.561. The standard InChI is InChI=1S/C18H24FNO3/c1-13(10-15-6-7-17(22-2)16(19)11-15)18(21)20-8-3-9-23-12-14-4-5-14/h6-7,10-11,14H,3-5,8-9,12H2,1-2H3,(H,20,21). The number of amides is 1. The topological polar surface area (TPSA) is 47.6 Å². The molecule has 0 heterocycles. The number of ether oxygens (including phenoxy) is 2. The van der Waals surface area contributed by atoms with E-state index in [1.165, 1.54) is 26.0 Å². The SMILES string of the molecule is COc1ccc(C=C(C)C(=O)NCCCOCC2CC2)cc1F. The summed E-state index contributed by atoms with van der Waals surface area (Å²) in [5.41, 5.74) is 1.16. The molecule has 1 amide bonds. The number of rotatable bonds is 9. The number of benzene rings is 1. The van der Waals surface area contributed by atoms with Crippen molar-refractivity contribution in [3.05, 3.63) is 35.2 Å². The zero-order valence-electron chi connectivity index (χ0n) is 13.7. The highest BCUT2D eigenvalue weighted by molar-refractivity contribution is 5.97. The molecule has 1 N–H and O–H groups in total. The molecule has 1 fully saturated rings. The van der Waals surface area contributed by atoms with Gasteiger partial charge in [-0.3, -0.25) is 4.79 Å². The van der Waals surface area contributed by atoms with Gasteiger partial charge >= 0.3 is 0 Å². The Kier molecular flexibility index (Phi) is 6.59. The molecule has 0 unspecified atom stereocenters. The molecule has 1 aromatic rings. The predicted octanol–water partition coefficient (Wildman–Crippen LogP) is 3.17. The van der Waals surface area contributed by atoms with E-state index in [0.29, 0.717) is 24.3 Å². The van der Waals surface area contributed by atoms with Crippen molar-refractivity contribution in [2.24, 2.45) is 5.92 Å². The van der Waals surface area contributed by atoms with Gasteiger partial charge in [-0.15, -0.1) is 0 Å². The largest absolute Gasteiger partial charge is 0.494 e. The van der Waals surface area contributed by atoms with E-state index in [4.69, 9.17) is 9.47 Å². The third-order valence-corrected chi connectivity index (χ3v) is 3.72. The second kappa shape index (κ2) is 8.67. The summed E-state index contributed by atoms with van der Waals surface area (Å²) in [4.78, 5) is 12.0. The zero-order chi connectivity index (χ0) is 16.7. The molecule has 2 rings (SSSR count). The normalized spacial score (nSPS) is 14.7. The molecular formula is C18H24FNO3. The summed E-state index contributed by atoms with van der Waals surface area (Å²) < 4.78 is 24.0. The molecule has 0 aromatic heterocycles. The lowest BCUT2D eigenvalue weighted by Gasteiger charge is -2.07. The van der Waals surface area contributed by atoms with E-state index in [1.807, 2.05) is 0 Å². The molecule has 0 saturated heterocycles. The average Bonchev–Trinajstić information content (AvgIpc) is 3.35. The Morgan fingerprint density at radius 2 is 2.22 bits per heavy atom. The van der Waals surface area contributed by atoms with Crippen LogP contribution >= 0.6 is 0 Å². The number of nitrogens with one attached hydrogen (secondary N) is 1. The maximum absolute atomic E-state index is 13.6. The van der Waals surface area contributed by atoms with Crippen LogP contribution in [0, 0.1) is 11.7 Å². The third-order valence-electron chi connectivity index (χ3n) is 3.72. The third kappa shape index (κ3) is 6.02. The van der Waals surface area contributed by atoms with Crippen molar-refractivity contribution in [3.63, 3.8) is 0 Å². The number of carbonyl (C=O) groups excluding carboxylic acids is 1. The van der Waals surface area contributed by atoms with Gasteiger partial charge in [-0.1, -0.05) is 6.07 Å². The Morgan fingerprint density at radius 3 is 2.87 bits per heavy atom. The molecule has 1 saturated carbocycles. The van der Waals surface area contributed by atoms with Gasteiger partial charge in [-0.05, 0) is 55.9 Å². The highest BCUT2D eigenvalue weighted by atomic mass is 19.1. The van der Waals surface area contributed by atoms with Crippen molar-refractivity contribution < 1.29 is 18.7 Å². The van der Waals surface area contributed by atoms with Gasteiger partial charge in [0.1, 0.15) is 0 Å². The minimum absolute atomic E-state index is 0.150. The summed E-state index contributed by atoms with van der Waals surface area (Å²) in [7, 11) is 1.42. The molecule has 1 aromatic carbocycles. The highest BCUT2D eigenvalue weighted by Crippen LogP contribution is 2.28. The summed E-state index contributed by atoms with van der Waals surface area (Å²) in [6, 6.07) is 4.61. The number of hydrogen-bond donors (Lipinski definition) is 1. The van der Waals surface area contributed by atoms with Crippen molar-refractivity contribution in [3.8, 4) is 5.75 Å². The first kappa shape index (κ1) is 17.5. The van der Waals surface area contributed by atoms with Crippen LogP contribution in [0.2, 0.25) is 0 Å². The summed E-state index contributed by atoms with van der Waals surface area (Å²) in [5.74, 6) is 0.362. The first-order valence-electron chi connectivity index (χ1n) is 7.98. The highest BCUT2D eigenvalue weighted by Gasteiger charge is 2.20. The number of carbonyl (C=O) groups is 1. The molecule has 5 heteroatoms. The van der Waals surface area contributed by atoms with Gasteiger partial charge in [-0.2, -0.15) is 0 Å². The Morgan fingerprint density at radius 1 is 1.43 bits per heavy atom. The van der Waals surface area contributed by atoms with Crippen LogP contribution in [0.5, 0.6) is 5.75 Å². The van der Waals surface area contributed by atoms with Gasteiger partial charge in [0.15, 0.2) is 11.6 Å². The van der Waals surface area contributed by atoms with Crippen molar-refractivity contribution in [2.75, 3.05) is 26.9 Å². The maximum atomic E-state index is 13.6. The first-order valence-corrected chi connectivity index (χ1v) is 7.98. The van der Waals surface area contributed by atoms with Gasteiger partial charge in [0, 0.05) is 25.3 Å². The molecule has 0 bridgehead atoms. The summed E-state index contributed by atoms with van der Waals surface area (Å²) in [6.45, 7) is 3.80. The lowest BCUT2D eigenvalue weighted by molar-refractivity contribution is -0.117. The second-order valence-electron chi connectivity index (χ2n) is 5.85. The Balaban J connectivity index is 1.73. The number of methoxy groups -OCH3 is 1. The van der Waals surface area contributed by atoms with E-state index in [9.17, 15) is 9.18 Å². The predicted molar refractivity (Wildman–Crippen MR) is 87.8 cm³/mol. The van der Waals surface area contributed by atoms with E-state index >= 15 is 0 Å². The molecule has 1 aliphatic rings. The fraction of sp³-hybridized carbons (Fsp3) is 0.500. The van der Waals surface area contributed by atoms with Crippen LogP contribution in [0.1, 0.15) is 31.7 Å². The zero-order valence-corrected chi connectivity index (χ0v) is 13.7. The molecule has 126 valence electrons. The molecule has 0 radical (unpaired) electrons. The Bertz CT molecular complexity index is 567. The van der Waals surface area contributed by atoms with E-state index in [0.717, 1.165) is 18.9 Å². The van der Waals surface area contributed by atoms with E-state index in [1.54, 1.807) is 25.1 Å². The molecule has 23 heavy (non-hydrogen) atoms. The van der Waals surface area contributed by atoms with Crippen molar-refractivity contribution in [1.29, 1.82) is 0 Å². The fourth-order valence-electron chi connectivity index (χ4n) is 2.14. The summed E-state index contributed by atoms with van der Waals surface area (Å²) >= 11 is 0. The molecule has 4 nitrogen and oxygen atoms in total. The maximum Gasteiger partial charge on any atom is 0.246 e. The summed E-state index contributed by atoms with van der Waals surface area (Å²) in [6.07, 6.45) is 5.02. The van der Waals surface area contributed by atoms with E-state index in [2.05, 4.69) is 5.32 Å². The van der Waals surface area contributed by atoms with Gasteiger partial charge in [0.2, 0.25) is 5.91 Å². The van der Waals surface area contributed by atoms with E-state index in [-0.39, 0.29) is 11.7 Å². The molecule has 0 atom stereocenters. The van der Waals surface area contributed by atoms with Crippen LogP contribution in [-0.4, -0.2) is 32.8 Å². The minimum Gasteiger partial charge on any atom is -0.494 e. The van der Waals surface area contributed by atoms with Gasteiger partial charge < -0.3 is 14.8 Å². The van der Waals surface area contributed by atoms with Crippen LogP contribution in [-0.2, 0) is 9.53 Å². The van der Waals surface area contributed by atoms with Crippen LogP contribution in [0.4, 0.5) is 4.39 Å². The smallest absolute Gasteiger partial charge is 0.246 e. The number of hydrogen-bond acceptors (Lipinski definition) is 3. The van der Waals surface area contributed by atoms with Crippen LogP contribution < -0.4 is 10.1 Å². The summed E-state index contributed by atoms with van der Waals surface area (Å²) in [5, 5.41) is 2.84. The van der Waals surface area contributed by atoms with Gasteiger partial charge in [0.25, 0.3) is 0 Å². The Hall–Kier alpha value is -1.88. The molecule has 1 aliphatic carbocycles. The lowest BCUT2D eigenvalue weighted by Crippen LogP contribution is -2.25. The molecule has 0 aliphatic heterocycles. The van der Waals surface area contributed by atoms with Gasteiger partial charge in [-0.25, -0.2) is 4.39 Å². The first-order chi connectivity index (χ1) is 11.1. The minimum atomic E-state index is -0.442. The molecular weight excluding hydrogens is 297 g/mol.